The first-order valence-corrected chi connectivity index (χ1v) is 5.97. The topological polar surface area (TPSA) is 127 Å². The highest BCUT2D eigenvalue weighted by Gasteiger charge is 2.18. The molecule has 2 N–H and O–H groups in total. The van der Waals surface area contributed by atoms with Crippen LogP contribution in [0.3, 0.4) is 0 Å². The first-order chi connectivity index (χ1) is 5.62. The van der Waals surface area contributed by atoms with Gasteiger partial charge in [-0.25, -0.2) is 0 Å². The second-order valence-electron chi connectivity index (χ2n) is 1.94. The van der Waals surface area contributed by atoms with Crippen molar-refractivity contribution in [3.8, 4) is 0 Å². The monoisotopic (exact) mass is 233 g/mol. The lowest BCUT2D eigenvalue weighted by Gasteiger charge is -2.01. The average molecular weight is 233 g/mol. The summed E-state index contributed by atoms with van der Waals surface area (Å²) in [4.78, 5) is 9.88. The zero-order valence-corrected chi connectivity index (χ0v) is 8.05. The summed E-state index contributed by atoms with van der Waals surface area (Å²) in [7, 11) is -8.73. The maximum absolute atomic E-state index is 10.6. The van der Waals surface area contributed by atoms with Crippen LogP contribution in [0.25, 0.3) is 0 Å². The van der Waals surface area contributed by atoms with E-state index in [1.54, 1.807) is 0 Å². The fourth-order valence-corrected chi connectivity index (χ4v) is 2.13. The summed E-state index contributed by atoms with van der Waals surface area (Å²) in [5.74, 6) is -1.46. The minimum atomic E-state index is -4.55. The van der Waals surface area contributed by atoms with Crippen molar-refractivity contribution < 1.29 is 30.4 Å². The lowest BCUT2D eigenvalue weighted by Crippen LogP contribution is -2.32. The zero-order valence-electron chi connectivity index (χ0n) is 6.42. The molecule has 0 atom stereocenters. The Labute approximate surface area is 74.9 Å². The molecule has 0 amide bonds. The molecule has 0 saturated heterocycles. The molecule has 0 aromatic rings. The normalized spacial score (nSPS) is 12.7. The van der Waals surface area contributed by atoms with Gasteiger partial charge in [0.2, 0.25) is 0 Å². The van der Waals surface area contributed by atoms with E-state index in [0.717, 1.165) is 0 Å². The van der Waals surface area contributed by atoms with Crippen LogP contribution in [0, 0.1) is 0 Å². The van der Waals surface area contributed by atoms with E-state index in [2.05, 4.69) is 3.63 Å². The van der Waals surface area contributed by atoms with Crippen LogP contribution >= 0.6 is 0 Å². The van der Waals surface area contributed by atoms with E-state index in [9.17, 15) is 21.6 Å². The maximum Gasteiger partial charge on any atom is 0.351 e. The van der Waals surface area contributed by atoms with Crippen molar-refractivity contribution in [2.24, 2.45) is 0 Å². The van der Waals surface area contributed by atoms with Gasteiger partial charge in [0, 0.05) is 0 Å². The van der Waals surface area contributed by atoms with Gasteiger partial charge in [-0.15, -0.1) is 3.63 Å². The molecule has 0 unspecified atom stereocenters. The number of carboxylic acid groups (broad SMARTS) is 1. The van der Waals surface area contributed by atoms with E-state index in [-0.39, 0.29) is 0 Å². The molecule has 0 aliphatic heterocycles. The Bertz CT molecular complexity index is 378. The Hall–Kier alpha value is -0.710. The van der Waals surface area contributed by atoms with Crippen molar-refractivity contribution in [3.05, 3.63) is 0 Å². The Morgan fingerprint density at radius 2 is 1.85 bits per heavy atom. The highest BCUT2D eigenvalue weighted by atomic mass is 32.3. The molecule has 0 bridgehead atoms. The molecule has 0 fully saturated rings. The summed E-state index contributed by atoms with van der Waals surface area (Å²) < 4.78 is 46.7. The van der Waals surface area contributed by atoms with Crippen LogP contribution in [-0.2, 0) is 28.8 Å². The van der Waals surface area contributed by atoms with E-state index in [1.807, 2.05) is 0 Å². The summed E-state index contributed by atoms with van der Waals surface area (Å²) in [6.07, 6.45) is 0.521. The second-order valence-corrected chi connectivity index (χ2v) is 5.09. The van der Waals surface area contributed by atoms with Gasteiger partial charge in [0.05, 0.1) is 6.26 Å². The van der Waals surface area contributed by atoms with Gasteiger partial charge in [-0.3, -0.25) is 4.79 Å². The fourth-order valence-electron chi connectivity index (χ4n) is 0.337. The lowest BCUT2D eigenvalue weighted by molar-refractivity contribution is -0.135. The van der Waals surface area contributed by atoms with Gasteiger partial charge in [0.25, 0.3) is 10.1 Å². The van der Waals surface area contributed by atoms with E-state index in [1.165, 1.54) is 4.72 Å². The second kappa shape index (κ2) is 4.00. The van der Waals surface area contributed by atoms with Gasteiger partial charge in [-0.1, -0.05) is 0 Å². The molecule has 10 heteroatoms. The van der Waals surface area contributed by atoms with Gasteiger partial charge in [0.1, 0.15) is 6.54 Å². The summed E-state index contributed by atoms with van der Waals surface area (Å²) in [6.45, 7) is -0.947. The van der Waals surface area contributed by atoms with E-state index < -0.39 is 32.9 Å². The third-order valence-corrected chi connectivity index (χ3v) is 2.82. The molecular weight excluding hydrogens is 226 g/mol. The first kappa shape index (κ1) is 12.3. The molecule has 0 spiro atoms. The van der Waals surface area contributed by atoms with Crippen molar-refractivity contribution in [1.82, 2.24) is 4.72 Å². The van der Waals surface area contributed by atoms with E-state index >= 15 is 0 Å². The number of carboxylic acids is 1. The average Bonchev–Trinajstić information content (AvgIpc) is 1.78. The molecule has 0 aliphatic rings. The smallest absolute Gasteiger partial charge is 0.351 e. The van der Waals surface area contributed by atoms with Crippen LogP contribution in [0.15, 0.2) is 0 Å². The van der Waals surface area contributed by atoms with Gasteiger partial charge < -0.3 is 5.11 Å². The van der Waals surface area contributed by atoms with Crippen LogP contribution in [0.4, 0.5) is 0 Å². The van der Waals surface area contributed by atoms with Gasteiger partial charge in [-0.2, -0.15) is 21.6 Å². The molecule has 13 heavy (non-hydrogen) atoms. The summed E-state index contributed by atoms with van der Waals surface area (Å²) >= 11 is 0. The number of rotatable bonds is 5. The molecule has 0 rings (SSSR count). The molecule has 0 aliphatic carbocycles. The van der Waals surface area contributed by atoms with Gasteiger partial charge in [-0.05, 0) is 0 Å². The predicted molar refractivity (Wildman–Crippen MR) is 40.5 cm³/mol. The maximum atomic E-state index is 10.6. The largest absolute Gasteiger partial charge is 0.480 e. The van der Waals surface area contributed by atoms with Crippen molar-refractivity contribution in [1.29, 1.82) is 0 Å². The van der Waals surface area contributed by atoms with E-state index in [4.69, 9.17) is 5.11 Å². The molecule has 0 aromatic heterocycles. The standard InChI is InChI=1S/C3H7NO7S2/c1-12(7,8)11-13(9,10)4-2-3(5)6/h4H,2H2,1H3,(H,5,6). The highest BCUT2D eigenvalue weighted by Crippen LogP contribution is 1.94. The quantitative estimate of drug-likeness (QED) is 0.555. The van der Waals surface area contributed by atoms with E-state index in [0.29, 0.717) is 6.26 Å². The molecular formula is C3H7NO7S2. The Kier molecular flexibility index (Phi) is 3.78. The summed E-state index contributed by atoms with van der Waals surface area (Å²) in [6, 6.07) is 0. The van der Waals surface area contributed by atoms with Gasteiger partial charge in [0.15, 0.2) is 0 Å². The SMILES string of the molecule is CS(=O)(=O)OS(=O)(=O)NCC(=O)O. The van der Waals surface area contributed by atoms with Crippen molar-refractivity contribution in [2.75, 3.05) is 12.8 Å². The first-order valence-electron chi connectivity index (χ1n) is 2.75. The van der Waals surface area contributed by atoms with Crippen LogP contribution in [0.5, 0.6) is 0 Å². The van der Waals surface area contributed by atoms with Crippen LogP contribution in [0.2, 0.25) is 0 Å². The van der Waals surface area contributed by atoms with Crippen LogP contribution in [-0.4, -0.2) is 40.7 Å². The number of carbonyl (C=O) groups is 1. The summed E-state index contributed by atoms with van der Waals surface area (Å²) in [5, 5.41) is 8.04. The number of hydrogen-bond acceptors (Lipinski definition) is 6. The third kappa shape index (κ3) is 7.64. The summed E-state index contributed by atoms with van der Waals surface area (Å²) in [5.41, 5.74) is 0. The number of hydrogen-bond donors (Lipinski definition) is 2. The molecule has 0 heterocycles. The molecule has 78 valence electrons. The Balaban J connectivity index is 4.36. The minimum Gasteiger partial charge on any atom is -0.480 e. The number of aliphatic carboxylic acids is 1. The lowest BCUT2D eigenvalue weighted by atomic mass is 10.7. The predicted octanol–water partition coefficient (Wildman–Crippen LogP) is -2.12. The fraction of sp³-hybridized carbons (Fsp3) is 0.667. The Morgan fingerprint density at radius 3 is 2.15 bits per heavy atom. The molecule has 0 aromatic carbocycles. The van der Waals surface area contributed by atoms with Crippen LogP contribution in [0.1, 0.15) is 0 Å². The highest BCUT2D eigenvalue weighted by molar-refractivity contribution is 7.98. The van der Waals surface area contributed by atoms with Crippen molar-refractivity contribution in [2.45, 2.75) is 0 Å². The van der Waals surface area contributed by atoms with Crippen LogP contribution < -0.4 is 4.72 Å². The Morgan fingerprint density at radius 1 is 1.38 bits per heavy atom. The minimum absolute atomic E-state index is 0.521. The van der Waals surface area contributed by atoms with Gasteiger partial charge >= 0.3 is 16.3 Å². The molecule has 0 radical (unpaired) electrons. The molecule has 8 nitrogen and oxygen atoms in total. The third-order valence-electron chi connectivity index (χ3n) is 0.613. The number of nitrogens with one attached hydrogen (secondary N) is 1. The van der Waals surface area contributed by atoms with Crippen molar-refractivity contribution >= 4 is 26.4 Å². The molecule has 0 saturated carbocycles. The van der Waals surface area contributed by atoms with Crippen molar-refractivity contribution in [3.63, 3.8) is 0 Å². The zero-order chi connectivity index (χ0) is 10.7.